The maximum atomic E-state index is 14.4. The van der Waals surface area contributed by atoms with Gasteiger partial charge in [-0.05, 0) is 53.6 Å². The fourth-order valence-electron chi connectivity index (χ4n) is 7.07. The Morgan fingerprint density at radius 1 is 0.596 bits per heavy atom. The normalized spacial score (nSPS) is 21.2. The predicted molar refractivity (Wildman–Crippen MR) is 190 cm³/mol. The summed E-state index contributed by atoms with van der Waals surface area (Å²) in [6.07, 6.45) is 0. The van der Waals surface area contributed by atoms with Crippen molar-refractivity contribution in [2.75, 3.05) is 33.0 Å². The number of hydrogen-bond acceptors (Lipinski definition) is 6. The van der Waals surface area contributed by atoms with Gasteiger partial charge in [0.2, 0.25) is 0 Å². The molecule has 4 aromatic carbocycles. The van der Waals surface area contributed by atoms with Crippen molar-refractivity contribution in [2.24, 2.45) is 0 Å². The lowest BCUT2D eigenvalue weighted by atomic mass is 9.83. The molecular weight excluding hydrogens is 625 g/mol. The van der Waals surface area contributed by atoms with Gasteiger partial charge in [-0.25, -0.2) is 0 Å². The van der Waals surface area contributed by atoms with Gasteiger partial charge in [0, 0.05) is 25.7 Å². The van der Waals surface area contributed by atoms with Gasteiger partial charge < -0.3 is 10.6 Å². The Balaban J connectivity index is 1.07. The quantitative estimate of drug-likeness (QED) is 0.273. The number of benzene rings is 4. The van der Waals surface area contributed by atoms with Gasteiger partial charge >= 0.3 is 0 Å². The van der Waals surface area contributed by atoms with E-state index in [4.69, 9.17) is 24.4 Å². The summed E-state index contributed by atoms with van der Waals surface area (Å²) in [5.41, 5.74) is 1.22. The van der Waals surface area contributed by atoms with Gasteiger partial charge in [0.05, 0.1) is 13.3 Å². The Labute approximate surface area is 286 Å². The van der Waals surface area contributed by atoms with Gasteiger partial charge in [-0.15, -0.1) is 0 Å². The summed E-state index contributed by atoms with van der Waals surface area (Å²) in [5.74, 6) is -0.181. The first-order chi connectivity index (χ1) is 22.8. The van der Waals surface area contributed by atoms with Crippen molar-refractivity contribution in [3.8, 4) is 0 Å². The van der Waals surface area contributed by atoms with Crippen molar-refractivity contribution >= 4 is 46.5 Å². The molecule has 4 aromatic rings. The van der Waals surface area contributed by atoms with Crippen LogP contribution in [0.15, 0.2) is 121 Å². The molecule has 7 rings (SSSR count). The Kier molecular flexibility index (Phi) is 8.36. The molecule has 0 saturated carbocycles. The monoisotopic (exact) mass is 660 g/mol. The fourth-order valence-corrected chi connectivity index (χ4v) is 7.66. The smallest absolute Gasteiger partial charge is 0.264 e. The van der Waals surface area contributed by atoms with Gasteiger partial charge in [0.25, 0.3) is 11.8 Å². The molecule has 0 aromatic heterocycles. The van der Waals surface area contributed by atoms with E-state index in [1.807, 2.05) is 121 Å². The second-order valence-corrected chi connectivity index (χ2v) is 13.1. The van der Waals surface area contributed by atoms with E-state index in [0.717, 1.165) is 22.3 Å². The SMILES string of the molecule is CC1CN(CN2C(=O)C(c3ccccc3)(c3ccccc3)NC2=S)CCN1CN1C(=O)C(c2ccccc2)(c2ccccc2)NC1=S. The highest BCUT2D eigenvalue weighted by molar-refractivity contribution is 7.80. The Hall–Kier alpha value is -4.48. The number of piperazine rings is 1. The largest absolute Gasteiger partial charge is 0.341 e. The minimum atomic E-state index is -1.09. The average molecular weight is 661 g/mol. The molecule has 0 bridgehead atoms. The summed E-state index contributed by atoms with van der Waals surface area (Å²) in [4.78, 5) is 36.6. The van der Waals surface area contributed by atoms with E-state index in [-0.39, 0.29) is 17.9 Å². The van der Waals surface area contributed by atoms with Crippen molar-refractivity contribution in [3.63, 3.8) is 0 Å². The van der Waals surface area contributed by atoms with Gasteiger partial charge in [0.15, 0.2) is 21.3 Å². The second-order valence-electron chi connectivity index (χ2n) is 12.3. The Morgan fingerprint density at radius 3 is 1.32 bits per heavy atom. The fraction of sp³-hybridized carbons (Fsp3) is 0.243. The zero-order valence-corrected chi connectivity index (χ0v) is 27.7. The van der Waals surface area contributed by atoms with Crippen molar-refractivity contribution in [1.29, 1.82) is 0 Å². The lowest BCUT2D eigenvalue weighted by Crippen LogP contribution is -2.58. The van der Waals surface area contributed by atoms with Crippen LogP contribution >= 0.6 is 24.4 Å². The lowest BCUT2D eigenvalue weighted by Gasteiger charge is -2.42. The predicted octanol–water partition coefficient (Wildman–Crippen LogP) is 4.23. The molecule has 1 unspecified atom stereocenters. The molecule has 8 nitrogen and oxygen atoms in total. The number of rotatable bonds is 8. The number of thiocarbonyl (C=S) groups is 2. The van der Waals surface area contributed by atoms with Gasteiger partial charge in [-0.1, -0.05) is 121 Å². The van der Waals surface area contributed by atoms with E-state index in [9.17, 15) is 9.59 Å². The Morgan fingerprint density at radius 2 is 0.957 bits per heavy atom. The highest BCUT2D eigenvalue weighted by atomic mass is 32.1. The van der Waals surface area contributed by atoms with Crippen molar-refractivity contribution < 1.29 is 9.59 Å². The first-order valence-corrected chi connectivity index (χ1v) is 16.6. The van der Waals surface area contributed by atoms with Crippen molar-refractivity contribution in [1.82, 2.24) is 30.2 Å². The number of nitrogens with one attached hydrogen (secondary N) is 2. The van der Waals surface area contributed by atoms with Crippen LogP contribution in [0.25, 0.3) is 0 Å². The molecule has 2 N–H and O–H groups in total. The molecule has 2 amide bonds. The van der Waals surface area contributed by atoms with Gasteiger partial charge in [-0.2, -0.15) is 0 Å². The molecule has 0 radical (unpaired) electrons. The van der Waals surface area contributed by atoms with Crippen LogP contribution in [0.1, 0.15) is 29.2 Å². The molecule has 3 heterocycles. The zero-order valence-electron chi connectivity index (χ0n) is 26.1. The molecule has 3 saturated heterocycles. The molecule has 3 aliphatic heterocycles. The summed E-state index contributed by atoms with van der Waals surface area (Å²) in [6.45, 7) is 4.98. The Bertz CT molecular complexity index is 1710. The molecule has 3 fully saturated rings. The van der Waals surface area contributed by atoms with E-state index in [1.54, 1.807) is 9.80 Å². The zero-order chi connectivity index (χ0) is 32.6. The van der Waals surface area contributed by atoms with E-state index >= 15 is 0 Å². The van der Waals surface area contributed by atoms with Gasteiger partial charge in [0.1, 0.15) is 0 Å². The summed E-state index contributed by atoms with van der Waals surface area (Å²) in [5, 5.41) is 7.64. The first kappa shape index (κ1) is 31.1. The second kappa shape index (κ2) is 12.6. The van der Waals surface area contributed by atoms with E-state index in [1.165, 1.54) is 0 Å². The van der Waals surface area contributed by atoms with Crippen LogP contribution in [0.5, 0.6) is 0 Å². The number of carbonyl (C=O) groups is 2. The molecule has 3 aliphatic rings. The lowest BCUT2D eigenvalue weighted by molar-refractivity contribution is -0.134. The molecule has 47 heavy (non-hydrogen) atoms. The topological polar surface area (TPSA) is 71.2 Å². The van der Waals surface area contributed by atoms with Crippen LogP contribution in [-0.4, -0.2) is 80.7 Å². The van der Waals surface area contributed by atoms with Crippen molar-refractivity contribution in [3.05, 3.63) is 144 Å². The summed E-state index contributed by atoms with van der Waals surface area (Å²) >= 11 is 11.6. The van der Waals surface area contributed by atoms with Crippen LogP contribution in [0.4, 0.5) is 0 Å². The maximum Gasteiger partial charge on any atom is 0.264 e. The highest BCUT2D eigenvalue weighted by Crippen LogP contribution is 2.38. The summed E-state index contributed by atoms with van der Waals surface area (Å²) < 4.78 is 0. The number of hydrogen-bond donors (Lipinski definition) is 2. The first-order valence-electron chi connectivity index (χ1n) is 15.8. The summed E-state index contributed by atoms with van der Waals surface area (Å²) in [7, 11) is 0. The molecule has 0 aliphatic carbocycles. The highest BCUT2D eigenvalue weighted by Gasteiger charge is 2.54. The number of nitrogens with zero attached hydrogens (tertiary/aromatic N) is 4. The third kappa shape index (κ3) is 5.31. The third-order valence-electron chi connectivity index (χ3n) is 9.55. The molecule has 238 valence electrons. The third-order valence-corrected chi connectivity index (χ3v) is 10.2. The van der Waals surface area contributed by atoms with Crippen LogP contribution in [0.3, 0.4) is 0 Å². The minimum Gasteiger partial charge on any atom is -0.341 e. The average Bonchev–Trinajstić information content (AvgIpc) is 3.52. The molecule has 10 heteroatoms. The molecule has 1 atom stereocenters. The van der Waals surface area contributed by atoms with E-state index in [0.29, 0.717) is 43.2 Å². The van der Waals surface area contributed by atoms with E-state index in [2.05, 4.69) is 27.4 Å². The van der Waals surface area contributed by atoms with Crippen LogP contribution < -0.4 is 10.6 Å². The van der Waals surface area contributed by atoms with Crippen molar-refractivity contribution in [2.45, 2.75) is 24.0 Å². The molecular formula is C37H36N6O2S2. The number of carbonyl (C=O) groups excluding carboxylic acids is 2. The van der Waals surface area contributed by atoms with Crippen LogP contribution in [0.2, 0.25) is 0 Å². The molecule has 0 spiro atoms. The minimum absolute atomic E-state index is 0.0905. The summed E-state index contributed by atoms with van der Waals surface area (Å²) in [6, 6.07) is 39.1. The van der Waals surface area contributed by atoms with Gasteiger partial charge in [-0.3, -0.25) is 29.2 Å². The number of amides is 2. The van der Waals surface area contributed by atoms with Crippen LogP contribution in [0, 0.1) is 0 Å². The van der Waals surface area contributed by atoms with Crippen LogP contribution in [-0.2, 0) is 20.7 Å². The maximum absolute atomic E-state index is 14.4. The van der Waals surface area contributed by atoms with E-state index < -0.39 is 11.1 Å². The standard InChI is InChI=1S/C37H36N6O2S2/c1-27-24-40(25-42-32(44)36(38-34(42)46,28-14-6-2-7-15-28)29-16-8-3-9-17-29)22-23-41(27)26-43-33(45)37(39-35(43)47,30-18-10-4-11-19-30)31-20-12-5-13-21-31/h2-21,27H,22-26H2,1H3,(H,38,46)(H,39,47).